The summed E-state index contributed by atoms with van der Waals surface area (Å²) in [5, 5.41) is 0.773. The molecule has 1 heteroatoms. The molecule has 0 aliphatic carbocycles. The number of hydrogen-bond acceptors (Lipinski definition) is 0. The highest BCUT2D eigenvalue weighted by molar-refractivity contribution is 6.30. The Morgan fingerprint density at radius 2 is 1.29 bits per heavy atom. The molecule has 0 aliphatic heterocycles. The minimum atomic E-state index is 0.773. The highest BCUT2D eigenvalue weighted by atomic mass is 35.5. The summed E-state index contributed by atoms with van der Waals surface area (Å²) in [5.41, 5.74) is 3.75. The molecule has 17 heavy (non-hydrogen) atoms. The van der Waals surface area contributed by atoms with Gasteiger partial charge >= 0.3 is 0 Å². The standard InChI is InChI=1S/C16H15Cl/c1-2-13-3-5-14(6-4-13)7-8-15-9-11-16(17)12-10-15/h3-12H,2H2,1H3/b8-7+. The Kier molecular flexibility index (Phi) is 4.00. The van der Waals surface area contributed by atoms with Crippen molar-refractivity contribution in [1.82, 2.24) is 0 Å². The van der Waals surface area contributed by atoms with E-state index in [9.17, 15) is 0 Å². The van der Waals surface area contributed by atoms with Crippen molar-refractivity contribution >= 4 is 23.8 Å². The van der Waals surface area contributed by atoms with Gasteiger partial charge in [-0.25, -0.2) is 0 Å². The van der Waals surface area contributed by atoms with Crippen molar-refractivity contribution in [3.63, 3.8) is 0 Å². The molecule has 2 aromatic rings. The van der Waals surface area contributed by atoms with E-state index in [0.717, 1.165) is 17.0 Å². The van der Waals surface area contributed by atoms with Gasteiger partial charge in [0.2, 0.25) is 0 Å². The maximum atomic E-state index is 5.84. The van der Waals surface area contributed by atoms with Crippen LogP contribution in [-0.4, -0.2) is 0 Å². The highest BCUT2D eigenvalue weighted by Crippen LogP contribution is 2.13. The first-order valence-electron chi connectivity index (χ1n) is 5.80. The van der Waals surface area contributed by atoms with Crippen molar-refractivity contribution in [3.05, 3.63) is 70.2 Å². The molecule has 0 amide bonds. The van der Waals surface area contributed by atoms with Crippen LogP contribution in [0.15, 0.2) is 48.5 Å². The molecular weight excluding hydrogens is 228 g/mol. The van der Waals surface area contributed by atoms with Gasteiger partial charge in [-0.2, -0.15) is 0 Å². The minimum Gasteiger partial charge on any atom is -0.0843 e. The fourth-order valence-electron chi connectivity index (χ4n) is 1.63. The molecule has 0 atom stereocenters. The predicted molar refractivity (Wildman–Crippen MR) is 76.2 cm³/mol. The number of benzene rings is 2. The summed E-state index contributed by atoms with van der Waals surface area (Å²) in [7, 11) is 0. The Bertz CT molecular complexity index is 492. The molecule has 0 fully saturated rings. The minimum absolute atomic E-state index is 0.773. The smallest absolute Gasteiger partial charge is 0.0406 e. The van der Waals surface area contributed by atoms with Crippen LogP contribution in [0.5, 0.6) is 0 Å². The van der Waals surface area contributed by atoms with Crippen LogP contribution in [0.25, 0.3) is 12.2 Å². The van der Waals surface area contributed by atoms with E-state index in [1.54, 1.807) is 0 Å². The van der Waals surface area contributed by atoms with Gasteiger partial charge in [0, 0.05) is 5.02 Å². The molecule has 2 rings (SSSR count). The van der Waals surface area contributed by atoms with Gasteiger partial charge < -0.3 is 0 Å². The van der Waals surface area contributed by atoms with Crippen LogP contribution in [0.3, 0.4) is 0 Å². The molecule has 0 heterocycles. The van der Waals surface area contributed by atoms with E-state index >= 15 is 0 Å². The average molecular weight is 243 g/mol. The summed E-state index contributed by atoms with van der Waals surface area (Å²) in [6, 6.07) is 16.5. The second-order valence-electron chi connectivity index (χ2n) is 3.98. The fourth-order valence-corrected chi connectivity index (χ4v) is 1.76. The lowest BCUT2D eigenvalue weighted by Gasteiger charge is -1.98. The maximum Gasteiger partial charge on any atom is 0.0406 e. The first-order chi connectivity index (χ1) is 8.28. The summed E-state index contributed by atoms with van der Waals surface area (Å²) < 4.78 is 0. The average Bonchev–Trinajstić information content (AvgIpc) is 2.39. The maximum absolute atomic E-state index is 5.84. The van der Waals surface area contributed by atoms with Crippen LogP contribution >= 0.6 is 11.6 Å². The van der Waals surface area contributed by atoms with Crippen molar-refractivity contribution in [2.24, 2.45) is 0 Å². The van der Waals surface area contributed by atoms with Crippen LogP contribution in [0.1, 0.15) is 23.6 Å². The van der Waals surface area contributed by atoms with Crippen molar-refractivity contribution in [1.29, 1.82) is 0 Å². The van der Waals surface area contributed by atoms with Crippen LogP contribution in [0, 0.1) is 0 Å². The van der Waals surface area contributed by atoms with Crippen molar-refractivity contribution in [2.75, 3.05) is 0 Å². The van der Waals surface area contributed by atoms with Gasteiger partial charge in [0.05, 0.1) is 0 Å². The summed E-state index contributed by atoms with van der Waals surface area (Å²) in [4.78, 5) is 0. The molecule has 0 nitrogen and oxygen atoms in total. The van der Waals surface area contributed by atoms with E-state index < -0.39 is 0 Å². The van der Waals surface area contributed by atoms with Crippen LogP contribution < -0.4 is 0 Å². The largest absolute Gasteiger partial charge is 0.0843 e. The molecule has 86 valence electrons. The van der Waals surface area contributed by atoms with Crippen LogP contribution in [0.2, 0.25) is 5.02 Å². The van der Waals surface area contributed by atoms with Crippen molar-refractivity contribution < 1.29 is 0 Å². The lowest BCUT2D eigenvalue weighted by atomic mass is 10.1. The molecule has 0 N–H and O–H groups in total. The second kappa shape index (κ2) is 5.70. The van der Waals surface area contributed by atoms with Gasteiger partial charge in [0.15, 0.2) is 0 Å². The fraction of sp³-hybridized carbons (Fsp3) is 0.125. The van der Waals surface area contributed by atoms with Gasteiger partial charge in [-0.15, -0.1) is 0 Å². The first kappa shape index (κ1) is 11.9. The molecule has 2 aromatic carbocycles. The molecule has 0 saturated heterocycles. The number of rotatable bonds is 3. The summed E-state index contributed by atoms with van der Waals surface area (Å²) in [6.07, 6.45) is 5.29. The Hall–Kier alpha value is -1.53. The van der Waals surface area contributed by atoms with E-state index in [0.29, 0.717) is 0 Å². The van der Waals surface area contributed by atoms with E-state index in [2.05, 4.69) is 43.3 Å². The topological polar surface area (TPSA) is 0 Å². The predicted octanol–water partition coefficient (Wildman–Crippen LogP) is 5.07. The van der Waals surface area contributed by atoms with Gasteiger partial charge in [-0.05, 0) is 35.2 Å². The third-order valence-electron chi connectivity index (χ3n) is 2.73. The molecule has 0 unspecified atom stereocenters. The van der Waals surface area contributed by atoms with Gasteiger partial charge in [-0.3, -0.25) is 0 Å². The number of aryl methyl sites for hydroxylation is 1. The van der Waals surface area contributed by atoms with Gasteiger partial charge in [0.25, 0.3) is 0 Å². The Morgan fingerprint density at radius 3 is 1.76 bits per heavy atom. The zero-order valence-corrected chi connectivity index (χ0v) is 10.6. The number of hydrogen-bond donors (Lipinski definition) is 0. The van der Waals surface area contributed by atoms with E-state index in [-0.39, 0.29) is 0 Å². The molecule has 0 aliphatic rings. The Balaban J connectivity index is 2.11. The summed E-state index contributed by atoms with van der Waals surface area (Å²) >= 11 is 5.84. The van der Waals surface area contributed by atoms with E-state index in [1.807, 2.05) is 24.3 Å². The van der Waals surface area contributed by atoms with Gasteiger partial charge in [0.1, 0.15) is 0 Å². The Labute approximate surface area is 108 Å². The van der Waals surface area contributed by atoms with Crippen LogP contribution in [0.4, 0.5) is 0 Å². The molecule has 0 bridgehead atoms. The summed E-state index contributed by atoms with van der Waals surface area (Å²) in [6.45, 7) is 2.17. The lowest BCUT2D eigenvalue weighted by molar-refractivity contribution is 1.14. The molecule has 0 aromatic heterocycles. The van der Waals surface area contributed by atoms with Gasteiger partial charge in [-0.1, -0.05) is 67.1 Å². The third-order valence-corrected chi connectivity index (χ3v) is 2.98. The molecule has 0 spiro atoms. The first-order valence-corrected chi connectivity index (χ1v) is 6.18. The second-order valence-corrected chi connectivity index (χ2v) is 4.42. The number of halogens is 1. The van der Waals surface area contributed by atoms with Crippen molar-refractivity contribution in [2.45, 2.75) is 13.3 Å². The quantitative estimate of drug-likeness (QED) is 0.659. The van der Waals surface area contributed by atoms with E-state index in [1.165, 1.54) is 11.1 Å². The third kappa shape index (κ3) is 3.47. The van der Waals surface area contributed by atoms with E-state index in [4.69, 9.17) is 11.6 Å². The van der Waals surface area contributed by atoms with Crippen LogP contribution in [-0.2, 0) is 6.42 Å². The molecule has 0 saturated carbocycles. The monoisotopic (exact) mass is 242 g/mol. The lowest BCUT2D eigenvalue weighted by Crippen LogP contribution is -1.79. The molecular formula is C16H15Cl. The normalized spacial score (nSPS) is 10.9. The SMILES string of the molecule is CCc1ccc(/C=C/c2ccc(Cl)cc2)cc1. The molecule has 0 radical (unpaired) electrons. The zero-order valence-electron chi connectivity index (χ0n) is 9.86. The highest BCUT2D eigenvalue weighted by Gasteiger charge is 1.90. The zero-order chi connectivity index (χ0) is 12.1. The van der Waals surface area contributed by atoms with Crippen molar-refractivity contribution in [3.8, 4) is 0 Å². The Morgan fingerprint density at radius 1 is 0.824 bits per heavy atom. The summed E-state index contributed by atoms with van der Waals surface area (Å²) in [5.74, 6) is 0.